The normalized spacial score (nSPS) is 19.6. The van der Waals surface area contributed by atoms with Gasteiger partial charge in [-0.05, 0) is 25.2 Å². The maximum Gasteiger partial charge on any atom is 0.212 e. The quantitative estimate of drug-likeness (QED) is 0.654. The van der Waals surface area contributed by atoms with E-state index in [4.69, 9.17) is 5.73 Å². The second kappa shape index (κ2) is 5.09. The van der Waals surface area contributed by atoms with Crippen LogP contribution >= 0.6 is 0 Å². The molecule has 4 nitrogen and oxygen atoms in total. The molecule has 1 fully saturated rings. The molecule has 1 aliphatic carbocycles. The van der Waals surface area contributed by atoms with Gasteiger partial charge in [-0.3, -0.25) is 0 Å². The lowest BCUT2D eigenvalue weighted by Crippen LogP contribution is -2.41. The lowest BCUT2D eigenvalue weighted by molar-refractivity contribution is 0.525. The minimum Gasteiger partial charge on any atom is -0.329 e. The summed E-state index contributed by atoms with van der Waals surface area (Å²) in [6, 6.07) is -0.0799. The minimum absolute atomic E-state index is 0.0799. The van der Waals surface area contributed by atoms with Gasteiger partial charge in [0.15, 0.2) is 0 Å². The van der Waals surface area contributed by atoms with E-state index < -0.39 is 10.0 Å². The summed E-state index contributed by atoms with van der Waals surface area (Å²) in [4.78, 5) is 0. The molecule has 1 unspecified atom stereocenters. The van der Waals surface area contributed by atoms with E-state index in [1.807, 2.05) is 6.92 Å². The van der Waals surface area contributed by atoms with Crippen LogP contribution in [0.3, 0.4) is 0 Å². The molecule has 84 valence electrons. The van der Waals surface area contributed by atoms with Crippen LogP contribution in [0.15, 0.2) is 0 Å². The third-order valence-electron chi connectivity index (χ3n) is 2.42. The Bertz CT molecular complexity index is 260. The summed E-state index contributed by atoms with van der Waals surface area (Å²) < 4.78 is 25.8. The van der Waals surface area contributed by atoms with Crippen molar-refractivity contribution in [1.82, 2.24) is 4.72 Å². The number of nitrogens with two attached hydrogens (primary N) is 1. The summed E-state index contributed by atoms with van der Waals surface area (Å²) >= 11 is 0. The molecule has 0 saturated heterocycles. The van der Waals surface area contributed by atoms with Gasteiger partial charge in [-0.15, -0.1) is 0 Å². The SMILES string of the molecule is CCCC(CN)NS(=O)(=O)CC1CC1. The third-order valence-corrected chi connectivity index (χ3v) is 4.02. The Labute approximate surface area is 86.3 Å². The predicted molar refractivity (Wildman–Crippen MR) is 57.4 cm³/mol. The molecule has 1 atom stereocenters. The minimum atomic E-state index is -3.08. The Balaban J connectivity index is 2.38. The highest BCUT2D eigenvalue weighted by molar-refractivity contribution is 7.89. The van der Waals surface area contributed by atoms with E-state index >= 15 is 0 Å². The fourth-order valence-corrected chi connectivity index (χ4v) is 3.24. The van der Waals surface area contributed by atoms with Crippen molar-refractivity contribution in [2.75, 3.05) is 12.3 Å². The van der Waals surface area contributed by atoms with Crippen molar-refractivity contribution in [3.05, 3.63) is 0 Å². The zero-order chi connectivity index (χ0) is 10.6. The van der Waals surface area contributed by atoms with Crippen molar-refractivity contribution < 1.29 is 8.42 Å². The topological polar surface area (TPSA) is 72.2 Å². The maximum atomic E-state index is 11.6. The van der Waals surface area contributed by atoms with Gasteiger partial charge in [0.2, 0.25) is 10.0 Å². The summed E-state index contributed by atoms with van der Waals surface area (Å²) in [7, 11) is -3.08. The molecular weight excluding hydrogens is 200 g/mol. The first kappa shape index (κ1) is 11.9. The average Bonchev–Trinajstić information content (AvgIpc) is 2.86. The molecule has 5 heteroatoms. The third kappa shape index (κ3) is 4.39. The summed E-state index contributed by atoms with van der Waals surface area (Å²) in [5, 5.41) is 0. The van der Waals surface area contributed by atoms with Gasteiger partial charge < -0.3 is 5.73 Å². The second-order valence-electron chi connectivity index (χ2n) is 4.06. The Morgan fingerprint density at radius 3 is 2.57 bits per heavy atom. The molecule has 1 rings (SSSR count). The molecule has 0 bridgehead atoms. The molecule has 1 aliphatic rings. The number of hydrogen-bond acceptors (Lipinski definition) is 3. The summed E-state index contributed by atoms with van der Waals surface area (Å²) in [6.45, 7) is 2.41. The van der Waals surface area contributed by atoms with Crippen LogP contribution in [-0.4, -0.2) is 26.8 Å². The summed E-state index contributed by atoms with van der Waals surface area (Å²) in [5.74, 6) is 0.681. The fourth-order valence-electron chi connectivity index (χ4n) is 1.47. The molecule has 0 aromatic carbocycles. The molecule has 0 radical (unpaired) electrons. The highest BCUT2D eigenvalue weighted by Gasteiger charge is 2.28. The van der Waals surface area contributed by atoms with Gasteiger partial charge in [-0.1, -0.05) is 13.3 Å². The van der Waals surface area contributed by atoms with E-state index in [1.165, 1.54) is 0 Å². The van der Waals surface area contributed by atoms with Gasteiger partial charge in [0.1, 0.15) is 0 Å². The van der Waals surface area contributed by atoms with Crippen LogP contribution in [-0.2, 0) is 10.0 Å². The van der Waals surface area contributed by atoms with Crippen LogP contribution < -0.4 is 10.5 Å². The summed E-state index contributed by atoms with van der Waals surface area (Å²) in [6.07, 6.45) is 3.89. The molecular formula is C9H20N2O2S. The van der Waals surface area contributed by atoms with Crippen LogP contribution in [0.1, 0.15) is 32.6 Å². The van der Waals surface area contributed by atoms with E-state index in [-0.39, 0.29) is 11.8 Å². The summed E-state index contributed by atoms with van der Waals surface area (Å²) in [5.41, 5.74) is 5.49. The van der Waals surface area contributed by atoms with Gasteiger partial charge in [0.25, 0.3) is 0 Å². The van der Waals surface area contributed by atoms with E-state index in [0.717, 1.165) is 25.7 Å². The van der Waals surface area contributed by atoms with E-state index in [2.05, 4.69) is 4.72 Å². The van der Waals surface area contributed by atoms with E-state index in [1.54, 1.807) is 0 Å². The van der Waals surface area contributed by atoms with Gasteiger partial charge >= 0.3 is 0 Å². The Morgan fingerprint density at radius 1 is 1.50 bits per heavy atom. The van der Waals surface area contributed by atoms with Crippen molar-refractivity contribution in [1.29, 1.82) is 0 Å². The number of rotatable bonds is 7. The number of hydrogen-bond donors (Lipinski definition) is 2. The zero-order valence-corrected chi connectivity index (χ0v) is 9.52. The van der Waals surface area contributed by atoms with Crippen LogP contribution in [0.25, 0.3) is 0 Å². The lowest BCUT2D eigenvalue weighted by atomic mass is 10.2. The van der Waals surface area contributed by atoms with E-state index in [0.29, 0.717) is 12.5 Å². The van der Waals surface area contributed by atoms with Crippen molar-refractivity contribution in [3.8, 4) is 0 Å². The number of nitrogens with one attached hydrogen (secondary N) is 1. The average molecular weight is 220 g/mol. The van der Waals surface area contributed by atoms with Crippen molar-refractivity contribution in [2.45, 2.75) is 38.6 Å². The zero-order valence-electron chi connectivity index (χ0n) is 8.70. The molecule has 0 spiro atoms. The first-order valence-corrected chi connectivity index (χ1v) is 6.92. The molecule has 0 amide bonds. The Morgan fingerprint density at radius 2 is 2.14 bits per heavy atom. The number of sulfonamides is 1. The predicted octanol–water partition coefficient (Wildman–Crippen LogP) is 0.443. The smallest absolute Gasteiger partial charge is 0.212 e. The molecule has 0 aromatic heterocycles. The van der Waals surface area contributed by atoms with Gasteiger partial charge in [-0.25, -0.2) is 13.1 Å². The highest BCUT2D eigenvalue weighted by Crippen LogP contribution is 2.30. The van der Waals surface area contributed by atoms with Gasteiger partial charge in [0, 0.05) is 12.6 Å². The van der Waals surface area contributed by atoms with Crippen molar-refractivity contribution >= 4 is 10.0 Å². The molecule has 0 heterocycles. The van der Waals surface area contributed by atoms with Crippen molar-refractivity contribution in [2.24, 2.45) is 11.7 Å². The highest BCUT2D eigenvalue weighted by atomic mass is 32.2. The Kier molecular flexibility index (Phi) is 4.34. The molecule has 1 saturated carbocycles. The first-order valence-electron chi connectivity index (χ1n) is 5.27. The van der Waals surface area contributed by atoms with Crippen LogP contribution in [0.5, 0.6) is 0 Å². The van der Waals surface area contributed by atoms with Crippen molar-refractivity contribution in [3.63, 3.8) is 0 Å². The first-order chi connectivity index (χ1) is 6.57. The lowest BCUT2D eigenvalue weighted by Gasteiger charge is -2.15. The standard InChI is InChI=1S/C9H20N2O2S/c1-2-3-9(6-10)11-14(12,13)7-8-4-5-8/h8-9,11H,2-7,10H2,1H3. The van der Waals surface area contributed by atoms with Crippen LogP contribution in [0.4, 0.5) is 0 Å². The fraction of sp³-hybridized carbons (Fsp3) is 1.00. The monoisotopic (exact) mass is 220 g/mol. The molecule has 3 N–H and O–H groups in total. The second-order valence-corrected chi connectivity index (χ2v) is 5.86. The van der Waals surface area contributed by atoms with Crippen LogP contribution in [0.2, 0.25) is 0 Å². The molecule has 14 heavy (non-hydrogen) atoms. The van der Waals surface area contributed by atoms with Crippen LogP contribution in [0, 0.1) is 5.92 Å². The van der Waals surface area contributed by atoms with Gasteiger partial charge in [0.05, 0.1) is 5.75 Å². The van der Waals surface area contributed by atoms with Gasteiger partial charge in [-0.2, -0.15) is 0 Å². The largest absolute Gasteiger partial charge is 0.329 e. The maximum absolute atomic E-state index is 11.6. The molecule has 0 aliphatic heterocycles. The Hall–Kier alpha value is -0.130. The molecule has 0 aromatic rings. The van der Waals surface area contributed by atoms with E-state index in [9.17, 15) is 8.42 Å².